The number of hydrogen-bond donors (Lipinski definition) is 0. The van der Waals surface area contributed by atoms with E-state index in [1.807, 2.05) is 0 Å². The summed E-state index contributed by atoms with van der Waals surface area (Å²) in [6.45, 7) is 7.54. The van der Waals surface area contributed by atoms with Gasteiger partial charge in [-0.05, 0) is 34.1 Å². The summed E-state index contributed by atoms with van der Waals surface area (Å²) in [5.41, 5.74) is -3.66. The van der Waals surface area contributed by atoms with Gasteiger partial charge in [-0.25, -0.2) is 0 Å². The van der Waals surface area contributed by atoms with Crippen molar-refractivity contribution in [2.45, 2.75) is 65.3 Å². The van der Waals surface area contributed by atoms with Crippen LogP contribution in [0.2, 0.25) is 0 Å². The Balaban J connectivity index is 3.10. The monoisotopic (exact) mass is 312 g/mol. The van der Waals surface area contributed by atoms with E-state index in [2.05, 4.69) is 0 Å². The predicted octanol–water partition coefficient (Wildman–Crippen LogP) is 4.24. The van der Waals surface area contributed by atoms with Crippen LogP contribution in [0.25, 0.3) is 0 Å². The number of alkyl halides is 2. The molecule has 0 aromatic carbocycles. The van der Waals surface area contributed by atoms with E-state index in [0.29, 0.717) is 0 Å². The van der Waals surface area contributed by atoms with Crippen LogP contribution in [-0.2, 0) is 18.4 Å². The first-order valence-corrected chi connectivity index (χ1v) is 8.43. The molecule has 7 heteroatoms. The normalized spacial score (nSPS) is 24.9. The van der Waals surface area contributed by atoms with Gasteiger partial charge in [0.05, 0.1) is 12.2 Å². The average molecular weight is 312 g/mol. The molecule has 1 saturated carbocycles. The van der Waals surface area contributed by atoms with Crippen LogP contribution in [0.15, 0.2) is 0 Å². The molecule has 0 radical (unpaired) electrons. The van der Waals surface area contributed by atoms with Gasteiger partial charge in [-0.2, -0.15) is 8.78 Å². The van der Waals surface area contributed by atoms with Gasteiger partial charge in [-0.15, -0.1) is 0 Å². The molecule has 0 bridgehead atoms. The Morgan fingerprint density at radius 1 is 1.20 bits per heavy atom. The van der Waals surface area contributed by atoms with Crippen molar-refractivity contribution in [1.82, 2.24) is 0 Å². The lowest BCUT2D eigenvalue weighted by molar-refractivity contribution is -0.122. The lowest BCUT2D eigenvalue weighted by Gasteiger charge is -2.33. The van der Waals surface area contributed by atoms with E-state index < -0.39 is 37.3 Å². The fourth-order valence-electron chi connectivity index (χ4n) is 2.40. The van der Waals surface area contributed by atoms with Gasteiger partial charge in [0.15, 0.2) is 0 Å². The van der Waals surface area contributed by atoms with E-state index in [4.69, 9.17) is 9.05 Å². The molecule has 1 aliphatic rings. The van der Waals surface area contributed by atoms with Crippen molar-refractivity contribution in [3.05, 3.63) is 0 Å². The van der Waals surface area contributed by atoms with Gasteiger partial charge in [-0.1, -0.05) is 6.92 Å². The van der Waals surface area contributed by atoms with Crippen LogP contribution in [0.4, 0.5) is 8.78 Å². The van der Waals surface area contributed by atoms with Crippen molar-refractivity contribution >= 4 is 13.4 Å². The summed E-state index contributed by atoms with van der Waals surface area (Å²) >= 11 is 0. The van der Waals surface area contributed by atoms with Crippen LogP contribution in [-0.4, -0.2) is 23.7 Å². The number of halogens is 2. The summed E-state index contributed by atoms with van der Waals surface area (Å²) in [5, 5.41) is 0. The molecule has 0 amide bonds. The molecule has 0 aromatic heterocycles. The third-order valence-corrected chi connectivity index (χ3v) is 5.78. The van der Waals surface area contributed by atoms with Gasteiger partial charge in [0, 0.05) is 18.3 Å². The Kier molecular flexibility index (Phi) is 5.50. The first kappa shape index (κ1) is 17.7. The van der Waals surface area contributed by atoms with Crippen LogP contribution < -0.4 is 0 Å². The second kappa shape index (κ2) is 6.20. The number of rotatable bonds is 6. The van der Waals surface area contributed by atoms with Gasteiger partial charge < -0.3 is 9.05 Å². The highest BCUT2D eigenvalue weighted by molar-refractivity contribution is 7.55. The molecule has 1 rings (SSSR count). The van der Waals surface area contributed by atoms with Crippen LogP contribution in [0.1, 0.15) is 47.5 Å². The molecule has 0 aromatic rings. The maximum absolute atomic E-state index is 14.7. The molecule has 0 spiro atoms. The largest absolute Gasteiger partial charge is 0.400 e. The minimum absolute atomic E-state index is 0.0138. The molecule has 0 aliphatic heterocycles. The molecule has 0 heterocycles. The highest BCUT2D eigenvalue weighted by Crippen LogP contribution is 2.68. The van der Waals surface area contributed by atoms with Gasteiger partial charge in [0.2, 0.25) is 0 Å². The van der Waals surface area contributed by atoms with Gasteiger partial charge >= 0.3 is 13.3 Å². The molecule has 0 N–H and O–H groups in total. The fourth-order valence-corrected chi connectivity index (χ4v) is 4.60. The number of carbonyl (C=O) groups is 1. The van der Waals surface area contributed by atoms with E-state index in [-0.39, 0.29) is 18.6 Å². The van der Waals surface area contributed by atoms with Crippen molar-refractivity contribution in [2.75, 3.05) is 0 Å². The van der Waals surface area contributed by atoms with Crippen LogP contribution >= 0.6 is 7.60 Å². The van der Waals surface area contributed by atoms with Crippen molar-refractivity contribution in [1.29, 1.82) is 0 Å². The van der Waals surface area contributed by atoms with E-state index in [1.165, 1.54) is 34.6 Å². The highest BCUT2D eigenvalue weighted by Gasteiger charge is 2.62. The third-order valence-electron chi connectivity index (χ3n) is 3.32. The summed E-state index contributed by atoms with van der Waals surface area (Å²) < 4.78 is 51.9. The quantitative estimate of drug-likeness (QED) is 0.688. The maximum atomic E-state index is 14.7. The Bertz CT molecular complexity index is 395. The topological polar surface area (TPSA) is 52.6 Å². The summed E-state index contributed by atoms with van der Waals surface area (Å²) in [7, 11) is -4.63. The molecule has 4 nitrogen and oxygen atoms in total. The number of Topliss-reactive ketones (excluding diaryl/α,β-unsaturated/α-hetero) is 1. The Labute approximate surface area is 118 Å². The van der Waals surface area contributed by atoms with Gasteiger partial charge in [0.1, 0.15) is 5.78 Å². The van der Waals surface area contributed by atoms with E-state index in [9.17, 15) is 18.1 Å². The SMILES string of the molecule is CC(C)OP(=O)(OC(C)C)C(F)(F)[C@H]1CCC(=O)[C@H]1C. The summed E-state index contributed by atoms with van der Waals surface area (Å²) in [6, 6.07) is 0. The number of hydrogen-bond acceptors (Lipinski definition) is 4. The van der Waals surface area contributed by atoms with Gasteiger partial charge in [-0.3, -0.25) is 9.36 Å². The minimum atomic E-state index is -4.63. The van der Waals surface area contributed by atoms with Crippen LogP contribution in [0.3, 0.4) is 0 Å². The first-order chi connectivity index (χ1) is 9.01. The smallest absolute Gasteiger partial charge is 0.302 e. The molecular formula is C13H23F2O4P. The minimum Gasteiger partial charge on any atom is -0.302 e. The highest BCUT2D eigenvalue weighted by atomic mass is 31.2. The Morgan fingerprint density at radius 2 is 1.65 bits per heavy atom. The van der Waals surface area contributed by atoms with Gasteiger partial charge in [0.25, 0.3) is 0 Å². The Hall–Kier alpha value is -0.320. The summed E-state index contributed by atoms with van der Waals surface area (Å²) in [6.07, 6.45) is -1.21. The zero-order chi connectivity index (χ0) is 15.7. The van der Waals surface area contributed by atoms with Crippen molar-refractivity contribution in [3.8, 4) is 0 Å². The first-order valence-electron chi connectivity index (χ1n) is 6.88. The fraction of sp³-hybridized carbons (Fsp3) is 0.923. The predicted molar refractivity (Wildman–Crippen MR) is 71.9 cm³/mol. The van der Waals surface area contributed by atoms with E-state index >= 15 is 0 Å². The average Bonchev–Trinajstić information content (AvgIpc) is 2.57. The molecule has 118 valence electrons. The standard InChI is InChI=1S/C13H23F2O4P/c1-8(2)18-20(17,19-9(3)4)13(14,15)11-6-7-12(16)10(11)5/h8-11H,6-7H2,1-5H3/t10-,11-/m0/s1. The van der Waals surface area contributed by atoms with Crippen molar-refractivity contribution < 1.29 is 27.2 Å². The van der Waals surface area contributed by atoms with Crippen LogP contribution in [0.5, 0.6) is 0 Å². The maximum Gasteiger partial charge on any atom is 0.400 e. The molecule has 0 saturated heterocycles. The lowest BCUT2D eigenvalue weighted by Crippen LogP contribution is -2.34. The van der Waals surface area contributed by atoms with Crippen molar-refractivity contribution in [3.63, 3.8) is 0 Å². The summed E-state index contributed by atoms with van der Waals surface area (Å²) in [5.74, 6) is -2.35. The molecule has 1 fully saturated rings. The third kappa shape index (κ3) is 3.46. The molecule has 0 unspecified atom stereocenters. The molecule has 1 aliphatic carbocycles. The second-order valence-corrected chi connectivity index (χ2v) is 7.81. The zero-order valence-electron chi connectivity index (χ0n) is 12.6. The zero-order valence-corrected chi connectivity index (χ0v) is 13.5. The van der Waals surface area contributed by atoms with Crippen LogP contribution in [0, 0.1) is 11.8 Å². The second-order valence-electron chi connectivity index (χ2n) is 5.79. The van der Waals surface area contributed by atoms with E-state index in [0.717, 1.165) is 0 Å². The Morgan fingerprint density at radius 3 is 1.95 bits per heavy atom. The summed E-state index contributed by atoms with van der Waals surface area (Å²) in [4.78, 5) is 11.5. The number of ketones is 1. The van der Waals surface area contributed by atoms with Crippen molar-refractivity contribution in [2.24, 2.45) is 11.8 Å². The lowest BCUT2D eigenvalue weighted by atomic mass is 9.98. The molecule has 20 heavy (non-hydrogen) atoms. The molecule has 2 atom stereocenters. The molecular weight excluding hydrogens is 289 g/mol. The van der Waals surface area contributed by atoms with E-state index in [1.54, 1.807) is 0 Å². The number of carbonyl (C=O) groups excluding carboxylic acids is 1.